The summed E-state index contributed by atoms with van der Waals surface area (Å²) in [6, 6.07) is 2.04. The van der Waals surface area contributed by atoms with E-state index in [1.54, 1.807) is 4.31 Å². The second kappa shape index (κ2) is 8.36. The summed E-state index contributed by atoms with van der Waals surface area (Å²) in [6.07, 6.45) is 1.22. The number of ether oxygens (including phenoxy) is 1. The predicted octanol–water partition coefficient (Wildman–Crippen LogP) is 2.96. The number of hydrogen-bond donors (Lipinski definition) is 0. The Bertz CT molecular complexity index is 852. The van der Waals surface area contributed by atoms with Crippen LogP contribution in [0.15, 0.2) is 11.0 Å². The first-order valence-electron chi connectivity index (χ1n) is 10.5. The first-order valence-corrected chi connectivity index (χ1v) is 12.0. The third kappa shape index (κ3) is 4.37. The van der Waals surface area contributed by atoms with Crippen LogP contribution in [0.25, 0.3) is 0 Å². The minimum atomic E-state index is -3.57. The fraction of sp³-hybridized carbons (Fsp3) is 0.682. The largest absolute Gasteiger partial charge is 0.372 e. The van der Waals surface area contributed by atoms with E-state index in [1.807, 2.05) is 52.5 Å². The van der Waals surface area contributed by atoms with Crippen molar-refractivity contribution < 1.29 is 17.9 Å². The number of aryl methyl sites for hydroxylation is 2. The van der Waals surface area contributed by atoms with Gasteiger partial charge in [0.2, 0.25) is 15.9 Å². The van der Waals surface area contributed by atoms with E-state index in [0.29, 0.717) is 43.9 Å². The zero-order valence-corrected chi connectivity index (χ0v) is 19.3. The van der Waals surface area contributed by atoms with Crippen molar-refractivity contribution in [2.45, 2.75) is 71.5 Å². The summed E-state index contributed by atoms with van der Waals surface area (Å²) in [5.74, 6) is 0.0307. The Kier molecular flexibility index (Phi) is 6.41. The van der Waals surface area contributed by atoms with Crippen molar-refractivity contribution in [1.82, 2.24) is 9.21 Å². The van der Waals surface area contributed by atoms with E-state index in [4.69, 9.17) is 4.74 Å². The Morgan fingerprint density at radius 3 is 1.93 bits per heavy atom. The molecule has 0 N–H and O–H groups in total. The van der Waals surface area contributed by atoms with E-state index < -0.39 is 10.0 Å². The Hall–Kier alpha value is -1.44. The highest BCUT2D eigenvalue weighted by atomic mass is 32.2. The van der Waals surface area contributed by atoms with Gasteiger partial charge in [-0.3, -0.25) is 4.79 Å². The van der Waals surface area contributed by atoms with E-state index in [2.05, 4.69) is 0 Å². The summed E-state index contributed by atoms with van der Waals surface area (Å²) in [4.78, 5) is 15.3. The maximum Gasteiger partial charge on any atom is 0.243 e. The first-order chi connectivity index (χ1) is 13.5. The number of nitrogens with zero attached hydrogens (tertiary/aromatic N) is 2. The lowest BCUT2D eigenvalue weighted by Gasteiger charge is -2.39. The highest BCUT2D eigenvalue weighted by Gasteiger charge is 2.37. The van der Waals surface area contributed by atoms with Gasteiger partial charge in [0.25, 0.3) is 0 Å². The number of hydrogen-bond acceptors (Lipinski definition) is 4. The Balaban J connectivity index is 1.73. The van der Waals surface area contributed by atoms with Crippen LogP contribution in [0, 0.1) is 33.6 Å². The molecule has 7 heteroatoms. The topological polar surface area (TPSA) is 66.9 Å². The molecule has 2 fully saturated rings. The van der Waals surface area contributed by atoms with Gasteiger partial charge < -0.3 is 9.64 Å². The first kappa shape index (κ1) is 22.2. The van der Waals surface area contributed by atoms with Gasteiger partial charge in [0.05, 0.1) is 17.1 Å². The van der Waals surface area contributed by atoms with Crippen LogP contribution in [0.1, 0.15) is 48.9 Å². The van der Waals surface area contributed by atoms with Crippen molar-refractivity contribution in [2.75, 3.05) is 26.2 Å². The minimum Gasteiger partial charge on any atom is -0.372 e. The van der Waals surface area contributed by atoms with E-state index in [9.17, 15) is 13.2 Å². The van der Waals surface area contributed by atoms with Crippen molar-refractivity contribution in [2.24, 2.45) is 5.92 Å². The van der Waals surface area contributed by atoms with Gasteiger partial charge in [-0.2, -0.15) is 4.31 Å². The standard InChI is InChI=1S/C22H34N2O4S/c1-14-11-15(2)19(6)21(18(14)5)29(26,27)24-9-7-20(8-10-24)22(25)23-12-16(3)28-17(4)13-23/h11,16-17,20H,7-10,12-13H2,1-6H3/t16-,17-/m1/s1. The average Bonchev–Trinajstić information content (AvgIpc) is 2.65. The molecule has 1 amide bonds. The number of carbonyl (C=O) groups excluding carboxylic acids is 1. The van der Waals surface area contributed by atoms with E-state index in [1.165, 1.54) is 0 Å². The Morgan fingerprint density at radius 1 is 0.966 bits per heavy atom. The van der Waals surface area contributed by atoms with Crippen LogP contribution in [0.5, 0.6) is 0 Å². The van der Waals surface area contributed by atoms with Crippen molar-refractivity contribution in [3.63, 3.8) is 0 Å². The minimum absolute atomic E-state index is 0.0404. The fourth-order valence-corrected chi connectivity index (χ4v) is 6.70. The molecule has 2 saturated heterocycles. The number of rotatable bonds is 3. The second-order valence-electron chi connectivity index (χ2n) is 8.77. The van der Waals surface area contributed by atoms with Gasteiger partial charge in [0.15, 0.2) is 0 Å². The highest BCUT2D eigenvalue weighted by molar-refractivity contribution is 7.89. The molecule has 0 saturated carbocycles. The maximum atomic E-state index is 13.4. The molecule has 3 rings (SSSR count). The molecular formula is C22H34N2O4S. The molecule has 0 radical (unpaired) electrons. The molecule has 2 heterocycles. The van der Waals surface area contributed by atoms with Crippen LogP contribution in [0.3, 0.4) is 0 Å². The van der Waals surface area contributed by atoms with Crippen LogP contribution >= 0.6 is 0 Å². The number of benzene rings is 1. The van der Waals surface area contributed by atoms with Gasteiger partial charge in [-0.05, 0) is 76.6 Å². The molecule has 0 aromatic heterocycles. The fourth-order valence-electron chi connectivity index (χ4n) is 4.66. The lowest BCUT2D eigenvalue weighted by Crippen LogP contribution is -2.51. The third-order valence-corrected chi connectivity index (χ3v) is 8.60. The number of carbonyl (C=O) groups is 1. The maximum absolute atomic E-state index is 13.4. The summed E-state index contributed by atoms with van der Waals surface area (Å²) >= 11 is 0. The molecule has 162 valence electrons. The SMILES string of the molecule is Cc1cc(C)c(C)c(S(=O)(=O)N2CCC(C(=O)N3C[C@@H](C)O[C@H](C)C3)CC2)c1C. The van der Waals surface area contributed by atoms with E-state index >= 15 is 0 Å². The molecule has 1 aromatic carbocycles. The monoisotopic (exact) mass is 422 g/mol. The molecule has 2 atom stereocenters. The lowest BCUT2D eigenvalue weighted by molar-refractivity contribution is -0.148. The molecule has 0 unspecified atom stereocenters. The smallest absolute Gasteiger partial charge is 0.243 e. The Morgan fingerprint density at radius 2 is 1.45 bits per heavy atom. The van der Waals surface area contributed by atoms with Gasteiger partial charge in [0, 0.05) is 32.1 Å². The molecular weight excluding hydrogens is 388 g/mol. The average molecular weight is 423 g/mol. The third-order valence-electron chi connectivity index (χ3n) is 6.43. The summed E-state index contributed by atoms with van der Waals surface area (Å²) in [6.45, 7) is 13.6. The summed E-state index contributed by atoms with van der Waals surface area (Å²) in [5.41, 5.74) is 3.63. The molecule has 2 aliphatic heterocycles. The van der Waals surface area contributed by atoms with Crippen molar-refractivity contribution >= 4 is 15.9 Å². The van der Waals surface area contributed by atoms with Crippen LogP contribution < -0.4 is 0 Å². The molecule has 6 nitrogen and oxygen atoms in total. The highest BCUT2D eigenvalue weighted by Crippen LogP contribution is 2.31. The van der Waals surface area contributed by atoms with Gasteiger partial charge in [-0.15, -0.1) is 0 Å². The number of amides is 1. The zero-order valence-electron chi connectivity index (χ0n) is 18.5. The second-order valence-corrected chi connectivity index (χ2v) is 10.6. The summed E-state index contributed by atoms with van der Waals surface area (Å²) in [7, 11) is -3.57. The molecule has 0 spiro atoms. The van der Waals surface area contributed by atoms with Crippen LogP contribution in [-0.2, 0) is 19.6 Å². The Labute approximate surface area is 175 Å². The normalized spacial score (nSPS) is 24.7. The molecule has 2 aliphatic rings. The van der Waals surface area contributed by atoms with E-state index in [0.717, 1.165) is 22.3 Å². The van der Waals surface area contributed by atoms with Crippen LogP contribution in [0.2, 0.25) is 0 Å². The summed E-state index contributed by atoms with van der Waals surface area (Å²) < 4.78 is 34.1. The molecule has 0 bridgehead atoms. The van der Waals surface area contributed by atoms with Gasteiger partial charge >= 0.3 is 0 Å². The summed E-state index contributed by atoms with van der Waals surface area (Å²) in [5, 5.41) is 0. The van der Waals surface area contributed by atoms with Gasteiger partial charge in [0.1, 0.15) is 0 Å². The predicted molar refractivity (Wildman–Crippen MR) is 113 cm³/mol. The number of morpholine rings is 1. The molecule has 29 heavy (non-hydrogen) atoms. The number of sulfonamides is 1. The van der Waals surface area contributed by atoms with Crippen molar-refractivity contribution in [3.05, 3.63) is 28.3 Å². The van der Waals surface area contributed by atoms with Crippen molar-refractivity contribution in [3.8, 4) is 0 Å². The van der Waals surface area contributed by atoms with Crippen LogP contribution in [0.4, 0.5) is 0 Å². The van der Waals surface area contributed by atoms with Crippen molar-refractivity contribution in [1.29, 1.82) is 0 Å². The van der Waals surface area contributed by atoms with E-state index in [-0.39, 0.29) is 24.0 Å². The zero-order chi connectivity index (χ0) is 21.5. The quantitative estimate of drug-likeness (QED) is 0.751. The lowest BCUT2D eigenvalue weighted by atomic mass is 9.96. The molecule has 0 aliphatic carbocycles. The van der Waals surface area contributed by atoms with Gasteiger partial charge in [-0.1, -0.05) is 6.07 Å². The van der Waals surface area contributed by atoms with Gasteiger partial charge in [-0.25, -0.2) is 8.42 Å². The number of piperidine rings is 1. The molecule has 1 aromatic rings. The van der Waals surface area contributed by atoms with Crippen LogP contribution in [-0.4, -0.2) is 61.9 Å².